The SMILES string of the molecule is COC(=O)c1c(N)sc(CCc2cc(CO)ccc2OC)c1C. The molecule has 3 N–H and O–H groups in total. The van der Waals surface area contributed by atoms with Gasteiger partial charge < -0.3 is 20.3 Å². The van der Waals surface area contributed by atoms with E-state index in [9.17, 15) is 9.90 Å². The molecule has 23 heavy (non-hydrogen) atoms. The second-order valence-corrected chi connectivity index (χ2v) is 6.32. The molecule has 6 heteroatoms. The third-order valence-electron chi connectivity index (χ3n) is 3.81. The summed E-state index contributed by atoms with van der Waals surface area (Å²) in [4.78, 5) is 12.8. The number of rotatable bonds is 6. The van der Waals surface area contributed by atoms with Crippen LogP contribution in [0.2, 0.25) is 0 Å². The lowest BCUT2D eigenvalue weighted by atomic mass is 10.0. The zero-order valence-corrected chi connectivity index (χ0v) is 14.3. The summed E-state index contributed by atoms with van der Waals surface area (Å²) in [5, 5.41) is 9.76. The largest absolute Gasteiger partial charge is 0.496 e. The molecular formula is C17H21NO4S. The van der Waals surface area contributed by atoms with E-state index in [-0.39, 0.29) is 6.61 Å². The molecule has 0 saturated heterocycles. The van der Waals surface area contributed by atoms with Crippen molar-refractivity contribution in [3.05, 3.63) is 45.3 Å². The molecule has 0 aliphatic rings. The van der Waals surface area contributed by atoms with E-state index < -0.39 is 5.97 Å². The van der Waals surface area contributed by atoms with E-state index in [0.717, 1.165) is 40.2 Å². The number of carbonyl (C=O) groups is 1. The summed E-state index contributed by atoms with van der Waals surface area (Å²) >= 11 is 1.41. The highest BCUT2D eigenvalue weighted by Gasteiger charge is 2.20. The van der Waals surface area contributed by atoms with Crippen molar-refractivity contribution in [2.45, 2.75) is 26.4 Å². The third-order valence-corrected chi connectivity index (χ3v) is 4.99. The van der Waals surface area contributed by atoms with Crippen LogP contribution in [0.25, 0.3) is 0 Å². The Bertz CT molecular complexity index is 709. The lowest BCUT2D eigenvalue weighted by molar-refractivity contribution is 0.0601. The van der Waals surface area contributed by atoms with Gasteiger partial charge in [-0.05, 0) is 48.6 Å². The number of thiophene rings is 1. The molecule has 0 aliphatic carbocycles. The van der Waals surface area contributed by atoms with Crippen LogP contribution in [-0.2, 0) is 24.2 Å². The number of hydrogen-bond acceptors (Lipinski definition) is 6. The molecule has 0 spiro atoms. The fourth-order valence-corrected chi connectivity index (χ4v) is 3.62. The first-order valence-corrected chi connectivity index (χ1v) is 8.06. The number of nitrogen functional groups attached to an aromatic ring is 1. The maximum atomic E-state index is 11.8. The van der Waals surface area contributed by atoms with Gasteiger partial charge in [-0.2, -0.15) is 0 Å². The molecule has 1 aromatic carbocycles. The van der Waals surface area contributed by atoms with Crippen LogP contribution in [0.4, 0.5) is 5.00 Å². The smallest absolute Gasteiger partial charge is 0.341 e. The second-order valence-electron chi connectivity index (χ2n) is 5.19. The van der Waals surface area contributed by atoms with Gasteiger partial charge in [-0.3, -0.25) is 0 Å². The van der Waals surface area contributed by atoms with Crippen molar-refractivity contribution in [1.29, 1.82) is 0 Å². The van der Waals surface area contributed by atoms with Crippen LogP contribution in [0.3, 0.4) is 0 Å². The summed E-state index contributed by atoms with van der Waals surface area (Å²) in [6.45, 7) is 1.88. The van der Waals surface area contributed by atoms with Crippen molar-refractivity contribution in [2.75, 3.05) is 20.0 Å². The highest BCUT2D eigenvalue weighted by atomic mass is 32.1. The quantitative estimate of drug-likeness (QED) is 0.793. The van der Waals surface area contributed by atoms with Crippen LogP contribution in [0, 0.1) is 6.92 Å². The van der Waals surface area contributed by atoms with E-state index in [1.54, 1.807) is 7.11 Å². The number of methoxy groups -OCH3 is 2. The summed E-state index contributed by atoms with van der Waals surface area (Å²) in [7, 11) is 2.98. The number of nitrogens with two attached hydrogens (primary N) is 1. The molecule has 1 aromatic heterocycles. The Morgan fingerprint density at radius 3 is 2.65 bits per heavy atom. The lowest BCUT2D eigenvalue weighted by Crippen LogP contribution is -2.05. The Kier molecular flexibility index (Phi) is 5.63. The molecule has 0 bridgehead atoms. The van der Waals surface area contributed by atoms with E-state index in [2.05, 4.69) is 0 Å². The molecule has 124 valence electrons. The maximum absolute atomic E-state index is 11.8. The average Bonchev–Trinajstić information content (AvgIpc) is 2.85. The zero-order valence-electron chi connectivity index (χ0n) is 13.5. The van der Waals surface area contributed by atoms with Crippen molar-refractivity contribution in [2.24, 2.45) is 0 Å². The Hall–Kier alpha value is -2.05. The number of aliphatic hydroxyl groups is 1. The molecule has 0 aliphatic heterocycles. The third kappa shape index (κ3) is 3.65. The van der Waals surface area contributed by atoms with Gasteiger partial charge >= 0.3 is 5.97 Å². The molecule has 0 fully saturated rings. The van der Waals surface area contributed by atoms with Gasteiger partial charge in [-0.15, -0.1) is 11.3 Å². The molecule has 0 saturated carbocycles. The number of hydrogen-bond donors (Lipinski definition) is 2. The topological polar surface area (TPSA) is 81.8 Å². The lowest BCUT2D eigenvalue weighted by Gasteiger charge is -2.10. The minimum absolute atomic E-state index is 0.00550. The minimum atomic E-state index is -0.401. The maximum Gasteiger partial charge on any atom is 0.341 e. The number of esters is 1. The van der Waals surface area contributed by atoms with E-state index in [0.29, 0.717) is 10.6 Å². The normalized spacial score (nSPS) is 10.6. The highest BCUT2D eigenvalue weighted by Crippen LogP contribution is 2.32. The number of aliphatic hydroxyl groups excluding tert-OH is 1. The van der Waals surface area contributed by atoms with E-state index >= 15 is 0 Å². The van der Waals surface area contributed by atoms with Gasteiger partial charge in [0, 0.05) is 4.88 Å². The molecule has 2 rings (SSSR count). The van der Waals surface area contributed by atoms with Crippen LogP contribution in [0.5, 0.6) is 5.75 Å². The van der Waals surface area contributed by atoms with Gasteiger partial charge in [0.15, 0.2) is 0 Å². The number of benzene rings is 1. The Balaban J connectivity index is 2.23. The second kappa shape index (κ2) is 7.48. The van der Waals surface area contributed by atoms with Crippen molar-refractivity contribution in [1.82, 2.24) is 0 Å². The monoisotopic (exact) mass is 335 g/mol. The molecule has 5 nitrogen and oxygen atoms in total. The molecule has 0 atom stereocenters. The van der Waals surface area contributed by atoms with Gasteiger partial charge in [0.2, 0.25) is 0 Å². The first-order chi connectivity index (χ1) is 11.0. The first kappa shape index (κ1) is 17.3. The van der Waals surface area contributed by atoms with Gasteiger partial charge in [0.1, 0.15) is 10.8 Å². The molecule has 0 amide bonds. The number of carbonyl (C=O) groups excluding carboxylic acids is 1. The summed E-state index contributed by atoms with van der Waals surface area (Å²) in [5.74, 6) is 0.389. The standard InChI is InChI=1S/C17H21NO4S/c1-10-14(23-16(18)15(10)17(20)22-3)7-5-12-8-11(9-19)4-6-13(12)21-2/h4,6,8,19H,5,7,9,18H2,1-3H3. The van der Waals surface area contributed by atoms with Gasteiger partial charge in [-0.25, -0.2) is 4.79 Å². The molecule has 1 heterocycles. The van der Waals surface area contributed by atoms with Crippen molar-refractivity contribution < 1.29 is 19.4 Å². The molecule has 0 unspecified atom stereocenters. The van der Waals surface area contributed by atoms with Gasteiger partial charge in [0.25, 0.3) is 0 Å². The zero-order chi connectivity index (χ0) is 17.0. The van der Waals surface area contributed by atoms with Crippen LogP contribution in [0.1, 0.15) is 31.9 Å². The van der Waals surface area contributed by atoms with Crippen LogP contribution < -0.4 is 10.5 Å². The van der Waals surface area contributed by atoms with E-state index in [4.69, 9.17) is 15.2 Å². The molecule has 2 aromatic rings. The van der Waals surface area contributed by atoms with Crippen molar-refractivity contribution >= 4 is 22.3 Å². The Labute approximate surface area is 139 Å². The first-order valence-electron chi connectivity index (χ1n) is 7.24. The van der Waals surface area contributed by atoms with Gasteiger partial charge in [-0.1, -0.05) is 6.07 Å². The molecule has 0 radical (unpaired) electrons. The predicted molar refractivity (Wildman–Crippen MR) is 91.1 cm³/mol. The van der Waals surface area contributed by atoms with Crippen molar-refractivity contribution in [3.8, 4) is 5.75 Å². The number of anilines is 1. The number of aryl methyl sites for hydroxylation is 2. The Morgan fingerprint density at radius 1 is 1.30 bits per heavy atom. The summed E-state index contributed by atoms with van der Waals surface area (Å²) < 4.78 is 10.2. The van der Waals surface area contributed by atoms with Crippen LogP contribution >= 0.6 is 11.3 Å². The summed E-state index contributed by atoms with van der Waals surface area (Å²) in [6, 6.07) is 5.63. The fourth-order valence-electron chi connectivity index (χ4n) is 2.55. The fraction of sp³-hybridized carbons (Fsp3) is 0.353. The van der Waals surface area contributed by atoms with Gasteiger partial charge in [0.05, 0.1) is 26.4 Å². The summed E-state index contributed by atoms with van der Waals surface area (Å²) in [5.41, 5.74) is 9.15. The highest BCUT2D eigenvalue weighted by molar-refractivity contribution is 7.16. The van der Waals surface area contributed by atoms with Crippen LogP contribution in [-0.4, -0.2) is 25.3 Å². The molecular weight excluding hydrogens is 314 g/mol. The minimum Gasteiger partial charge on any atom is -0.496 e. The van der Waals surface area contributed by atoms with Crippen LogP contribution in [0.15, 0.2) is 18.2 Å². The van der Waals surface area contributed by atoms with E-state index in [1.165, 1.54) is 18.4 Å². The average molecular weight is 335 g/mol. The Morgan fingerprint density at radius 2 is 2.04 bits per heavy atom. The van der Waals surface area contributed by atoms with E-state index in [1.807, 2.05) is 25.1 Å². The van der Waals surface area contributed by atoms with Crippen molar-refractivity contribution in [3.63, 3.8) is 0 Å². The predicted octanol–water partition coefficient (Wildman–Crippen LogP) is 2.71. The summed E-state index contributed by atoms with van der Waals surface area (Å²) in [6.07, 6.45) is 1.47. The number of ether oxygens (including phenoxy) is 2.